The Morgan fingerprint density at radius 2 is 2.35 bits per heavy atom. The number of benzene rings is 1. The summed E-state index contributed by atoms with van der Waals surface area (Å²) in [7, 11) is 0. The molecule has 1 aromatic rings. The van der Waals surface area contributed by atoms with Gasteiger partial charge in [-0.2, -0.15) is 5.26 Å². The maximum atomic E-state index is 11.3. The van der Waals surface area contributed by atoms with E-state index in [1.54, 1.807) is 18.2 Å². The molecule has 0 saturated heterocycles. The van der Waals surface area contributed by atoms with Crippen molar-refractivity contribution >= 4 is 11.6 Å². The molecule has 0 aliphatic rings. The Morgan fingerprint density at radius 1 is 1.59 bits per heavy atom. The standard InChI is InChI=1S/C12H15N3O2/c1-9-7-10(3-4-11(9)14)17-8-12(16)15-6-2-5-13/h3-4,7H,2,6,8,14H2,1H3,(H,15,16). The minimum absolute atomic E-state index is 0.0607. The van der Waals surface area contributed by atoms with Crippen molar-refractivity contribution < 1.29 is 9.53 Å². The van der Waals surface area contributed by atoms with Gasteiger partial charge in [0.15, 0.2) is 6.61 Å². The Morgan fingerprint density at radius 3 is 3.00 bits per heavy atom. The lowest BCUT2D eigenvalue weighted by Crippen LogP contribution is -2.29. The Hall–Kier alpha value is -2.22. The number of nitrogens with zero attached hydrogens (tertiary/aromatic N) is 1. The van der Waals surface area contributed by atoms with E-state index in [0.29, 0.717) is 24.4 Å². The first-order valence-electron chi connectivity index (χ1n) is 5.26. The van der Waals surface area contributed by atoms with Crippen molar-refractivity contribution in [3.8, 4) is 11.8 Å². The lowest BCUT2D eigenvalue weighted by molar-refractivity contribution is -0.123. The Bertz CT molecular complexity index is 438. The third kappa shape index (κ3) is 4.43. The molecule has 0 unspecified atom stereocenters. The first-order chi connectivity index (χ1) is 8.13. The molecule has 0 fully saturated rings. The van der Waals surface area contributed by atoms with Crippen molar-refractivity contribution in [3.05, 3.63) is 23.8 Å². The van der Waals surface area contributed by atoms with Crippen LogP contribution in [0.3, 0.4) is 0 Å². The van der Waals surface area contributed by atoms with Gasteiger partial charge >= 0.3 is 0 Å². The first-order valence-corrected chi connectivity index (χ1v) is 5.26. The molecule has 5 nitrogen and oxygen atoms in total. The molecule has 5 heteroatoms. The SMILES string of the molecule is Cc1cc(OCC(=O)NCCC#N)ccc1N. The van der Waals surface area contributed by atoms with E-state index < -0.39 is 0 Å². The second kappa shape index (κ2) is 6.38. The molecule has 90 valence electrons. The number of nitrogens with one attached hydrogen (secondary N) is 1. The number of anilines is 1. The molecule has 1 amide bonds. The molecule has 0 spiro atoms. The number of carbonyl (C=O) groups is 1. The smallest absolute Gasteiger partial charge is 0.257 e. The number of nitrogen functional groups attached to an aromatic ring is 1. The maximum absolute atomic E-state index is 11.3. The molecule has 1 aromatic carbocycles. The fourth-order valence-corrected chi connectivity index (χ4v) is 1.20. The number of rotatable bonds is 5. The molecule has 0 radical (unpaired) electrons. The number of ether oxygens (including phenoxy) is 1. The van der Waals surface area contributed by atoms with Crippen LogP contribution in [0.5, 0.6) is 5.75 Å². The summed E-state index contributed by atoms with van der Waals surface area (Å²) in [6.07, 6.45) is 0.298. The normalized spacial score (nSPS) is 9.41. The van der Waals surface area contributed by atoms with Crippen molar-refractivity contribution in [1.29, 1.82) is 5.26 Å². The van der Waals surface area contributed by atoms with Crippen molar-refractivity contribution in [2.24, 2.45) is 0 Å². The molecule has 0 heterocycles. The third-order valence-electron chi connectivity index (χ3n) is 2.17. The lowest BCUT2D eigenvalue weighted by Gasteiger charge is -2.08. The van der Waals surface area contributed by atoms with E-state index >= 15 is 0 Å². The summed E-state index contributed by atoms with van der Waals surface area (Å²) in [4.78, 5) is 11.3. The summed E-state index contributed by atoms with van der Waals surface area (Å²) in [5.74, 6) is 0.363. The largest absolute Gasteiger partial charge is 0.484 e. The number of nitrogens with two attached hydrogens (primary N) is 1. The highest BCUT2D eigenvalue weighted by atomic mass is 16.5. The molecular formula is C12H15N3O2. The van der Waals surface area contributed by atoms with E-state index in [1.165, 1.54) is 0 Å². The van der Waals surface area contributed by atoms with Crippen LogP contribution in [0.1, 0.15) is 12.0 Å². The number of hydrogen-bond acceptors (Lipinski definition) is 4. The van der Waals surface area contributed by atoms with Gasteiger partial charge in [0.05, 0.1) is 12.5 Å². The molecule has 0 atom stereocenters. The van der Waals surface area contributed by atoms with E-state index in [2.05, 4.69) is 5.32 Å². The second-order valence-corrected chi connectivity index (χ2v) is 3.57. The van der Waals surface area contributed by atoms with Crippen molar-refractivity contribution in [2.45, 2.75) is 13.3 Å². The quantitative estimate of drug-likeness (QED) is 0.586. The molecule has 0 bridgehead atoms. The predicted octanol–water partition coefficient (Wildman–Crippen LogP) is 0.986. The van der Waals surface area contributed by atoms with E-state index in [-0.39, 0.29) is 12.5 Å². The van der Waals surface area contributed by atoms with E-state index in [9.17, 15) is 4.79 Å². The Labute approximate surface area is 100 Å². The molecule has 3 N–H and O–H groups in total. The maximum Gasteiger partial charge on any atom is 0.257 e. The zero-order valence-corrected chi connectivity index (χ0v) is 9.69. The molecule has 0 aliphatic heterocycles. The van der Waals surface area contributed by atoms with E-state index in [4.69, 9.17) is 15.7 Å². The zero-order chi connectivity index (χ0) is 12.7. The lowest BCUT2D eigenvalue weighted by atomic mass is 10.2. The Balaban J connectivity index is 2.37. The first kappa shape index (κ1) is 12.8. The average molecular weight is 233 g/mol. The van der Waals surface area contributed by atoms with E-state index in [0.717, 1.165) is 5.56 Å². The van der Waals surface area contributed by atoms with Crippen LogP contribution in [-0.2, 0) is 4.79 Å². The molecular weight excluding hydrogens is 218 g/mol. The van der Waals surface area contributed by atoms with E-state index in [1.807, 2.05) is 13.0 Å². The minimum Gasteiger partial charge on any atom is -0.484 e. The van der Waals surface area contributed by atoms with Crippen molar-refractivity contribution in [2.75, 3.05) is 18.9 Å². The highest BCUT2D eigenvalue weighted by Gasteiger charge is 2.02. The average Bonchev–Trinajstić information content (AvgIpc) is 2.31. The highest BCUT2D eigenvalue weighted by Crippen LogP contribution is 2.18. The van der Waals surface area contributed by atoms with Crippen LogP contribution in [0.2, 0.25) is 0 Å². The van der Waals surface area contributed by atoms with Gasteiger partial charge in [-0.3, -0.25) is 4.79 Å². The molecule has 0 aliphatic carbocycles. The monoisotopic (exact) mass is 233 g/mol. The predicted molar refractivity (Wildman–Crippen MR) is 64.3 cm³/mol. The summed E-state index contributed by atoms with van der Waals surface area (Å²) in [5, 5.41) is 10.9. The van der Waals surface area contributed by atoms with Crippen LogP contribution in [0, 0.1) is 18.3 Å². The van der Waals surface area contributed by atoms with Crippen molar-refractivity contribution in [1.82, 2.24) is 5.32 Å². The fraction of sp³-hybridized carbons (Fsp3) is 0.333. The zero-order valence-electron chi connectivity index (χ0n) is 9.69. The second-order valence-electron chi connectivity index (χ2n) is 3.57. The summed E-state index contributed by atoms with van der Waals surface area (Å²) >= 11 is 0. The third-order valence-corrected chi connectivity index (χ3v) is 2.17. The van der Waals surface area contributed by atoms with Gasteiger partial charge < -0.3 is 15.8 Å². The summed E-state index contributed by atoms with van der Waals surface area (Å²) in [6, 6.07) is 7.16. The topological polar surface area (TPSA) is 88.1 Å². The molecule has 0 saturated carbocycles. The van der Waals surface area contributed by atoms with Crippen LogP contribution in [0.15, 0.2) is 18.2 Å². The fourth-order valence-electron chi connectivity index (χ4n) is 1.20. The van der Waals surface area contributed by atoms with Gasteiger partial charge in [-0.05, 0) is 30.7 Å². The Kier molecular flexibility index (Phi) is 4.82. The number of amides is 1. The molecule has 1 rings (SSSR count). The molecule has 17 heavy (non-hydrogen) atoms. The number of carbonyl (C=O) groups excluding carboxylic acids is 1. The van der Waals surface area contributed by atoms with Gasteiger partial charge in [0, 0.05) is 12.2 Å². The van der Waals surface area contributed by atoms with Gasteiger partial charge in [0.25, 0.3) is 5.91 Å². The van der Waals surface area contributed by atoms with Gasteiger partial charge in [0.2, 0.25) is 0 Å². The van der Waals surface area contributed by atoms with Gasteiger partial charge in [-0.25, -0.2) is 0 Å². The molecule has 0 aromatic heterocycles. The van der Waals surface area contributed by atoms with Gasteiger partial charge in [-0.1, -0.05) is 0 Å². The minimum atomic E-state index is -0.241. The van der Waals surface area contributed by atoms with Crippen LogP contribution in [0.4, 0.5) is 5.69 Å². The van der Waals surface area contributed by atoms with Gasteiger partial charge in [-0.15, -0.1) is 0 Å². The summed E-state index contributed by atoms with van der Waals surface area (Å²) < 4.78 is 5.28. The van der Waals surface area contributed by atoms with Crippen LogP contribution in [0.25, 0.3) is 0 Å². The summed E-state index contributed by atoms with van der Waals surface area (Å²) in [6.45, 7) is 2.16. The number of aryl methyl sites for hydroxylation is 1. The van der Waals surface area contributed by atoms with Crippen molar-refractivity contribution in [3.63, 3.8) is 0 Å². The van der Waals surface area contributed by atoms with Crippen LogP contribution < -0.4 is 15.8 Å². The summed E-state index contributed by atoms with van der Waals surface area (Å²) in [5.41, 5.74) is 7.26. The number of nitriles is 1. The van der Waals surface area contributed by atoms with Crippen LogP contribution >= 0.6 is 0 Å². The van der Waals surface area contributed by atoms with Gasteiger partial charge in [0.1, 0.15) is 5.75 Å². The van der Waals surface area contributed by atoms with Crippen LogP contribution in [-0.4, -0.2) is 19.1 Å². The highest BCUT2D eigenvalue weighted by molar-refractivity contribution is 5.77. The number of hydrogen-bond donors (Lipinski definition) is 2.